The van der Waals surface area contributed by atoms with Gasteiger partial charge in [0.15, 0.2) is 23.9 Å². The van der Waals surface area contributed by atoms with Crippen LogP contribution in [0.5, 0.6) is 0 Å². The number of fused-ring (bicyclic) bond motifs is 2. The van der Waals surface area contributed by atoms with Crippen molar-refractivity contribution in [1.82, 2.24) is 39.1 Å². The van der Waals surface area contributed by atoms with Crippen molar-refractivity contribution in [3.63, 3.8) is 0 Å². The van der Waals surface area contributed by atoms with E-state index in [2.05, 4.69) is 42.3 Å². The molecule has 2 aliphatic heterocycles. The van der Waals surface area contributed by atoms with E-state index in [0.29, 0.717) is 5.69 Å². The number of thiol groups is 1. The summed E-state index contributed by atoms with van der Waals surface area (Å²) in [6.07, 6.45) is -3.57. The van der Waals surface area contributed by atoms with Gasteiger partial charge in [0.1, 0.15) is 54.8 Å². The van der Waals surface area contributed by atoms with Crippen LogP contribution in [0, 0.1) is 0 Å². The highest BCUT2D eigenvalue weighted by Gasteiger charge is 2.54. The Morgan fingerprint density at radius 2 is 2.07 bits per heavy atom. The molecular weight excluding hydrogens is 655 g/mol. The minimum absolute atomic E-state index is 0.0226. The molecule has 0 aromatic carbocycles. The summed E-state index contributed by atoms with van der Waals surface area (Å²) >= 11 is 9.24. The van der Waals surface area contributed by atoms with Gasteiger partial charge in [-0.05, 0) is 16.4 Å². The first-order valence-electron chi connectivity index (χ1n) is 12.5. The molecule has 6 heterocycles. The van der Waals surface area contributed by atoms with Crippen LogP contribution in [0.1, 0.15) is 24.4 Å². The molecule has 2 saturated heterocycles. The Balaban J connectivity index is 1.27. The first-order chi connectivity index (χ1) is 20.5. The van der Waals surface area contributed by atoms with Gasteiger partial charge in [-0.15, -0.1) is 4.52 Å². The molecule has 0 spiro atoms. The predicted octanol–water partition coefficient (Wildman–Crippen LogP) is -0.150. The van der Waals surface area contributed by atoms with Crippen molar-refractivity contribution in [2.45, 2.75) is 48.9 Å². The highest BCUT2D eigenvalue weighted by molar-refractivity contribution is 8.39. The molecule has 9 unspecified atom stereocenters. The molecule has 23 heteroatoms. The van der Waals surface area contributed by atoms with E-state index in [4.69, 9.17) is 36.1 Å². The highest BCUT2D eigenvalue weighted by Crippen LogP contribution is 2.58. The molecule has 6 N–H and O–H groups in total. The maximum Gasteiger partial charge on any atom is 0.582 e. The monoisotopic (exact) mass is 678 g/mol. The van der Waals surface area contributed by atoms with Crippen LogP contribution in [-0.4, -0.2) is 92.5 Å². The number of alkyl halides is 1. The first kappa shape index (κ1) is 30.3. The molecule has 18 nitrogen and oxygen atoms in total. The van der Waals surface area contributed by atoms with E-state index in [1.165, 1.54) is 21.6 Å². The number of hydrogen-bond acceptors (Lipinski definition) is 14. The van der Waals surface area contributed by atoms with Gasteiger partial charge in [0.25, 0.3) is 11.1 Å². The Labute approximate surface area is 249 Å². The molecule has 0 amide bonds. The number of aromatic nitrogens is 8. The Kier molecular flexibility index (Phi) is 8.22. The second-order valence-corrected chi connectivity index (χ2v) is 14.9. The number of rotatable bonds is 9. The molecule has 2 fully saturated rings. The fourth-order valence-corrected chi connectivity index (χ4v) is 8.45. The minimum atomic E-state index is -4.16. The van der Waals surface area contributed by atoms with Crippen molar-refractivity contribution in [1.29, 1.82) is 0 Å². The zero-order chi connectivity index (χ0) is 30.6. The van der Waals surface area contributed by atoms with Gasteiger partial charge in [-0.2, -0.15) is 10.1 Å². The number of anilines is 1. The number of hydrogen-bond donors (Lipinski definition) is 6. The second kappa shape index (κ2) is 11.7. The molecule has 230 valence electrons. The van der Waals surface area contributed by atoms with Crippen molar-refractivity contribution >= 4 is 60.5 Å². The van der Waals surface area contributed by atoms with E-state index >= 15 is 4.39 Å². The quantitative estimate of drug-likeness (QED) is 0.0995. The van der Waals surface area contributed by atoms with E-state index in [0.717, 1.165) is 6.33 Å². The maximum atomic E-state index is 15.7. The van der Waals surface area contributed by atoms with Crippen molar-refractivity contribution in [2.75, 3.05) is 18.9 Å². The number of H-pyrrole nitrogens is 2. The largest absolute Gasteiger partial charge is 0.582 e. The topological polar surface area (TPSA) is 247 Å². The molecule has 2 aliphatic rings. The van der Waals surface area contributed by atoms with E-state index in [1.54, 1.807) is 0 Å². The molecule has 43 heavy (non-hydrogen) atoms. The summed E-state index contributed by atoms with van der Waals surface area (Å²) in [5, 5.41) is 13.8. The van der Waals surface area contributed by atoms with E-state index < -0.39 is 80.5 Å². The summed E-state index contributed by atoms with van der Waals surface area (Å²) in [4.78, 5) is 52.6. The van der Waals surface area contributed by atoms with E-state index in [1.807, 2.05) is 0 Å². The van der Waals surface area contributed by atoms with Gasteiger partial charge >= 0.3 is 7.23 Å². The number of imidazole rings is 2. The fraction of sp³-hybridized carbons (Fsp3) is 0.500. The lowest BCUT2D eigenvalue weighted by Gasteiger charge is -2.29. The molecule has 4 aromatic heterocycles. The Morgan fingerprint density at radius 3 is 2.81 bits per heavy atom. The number of aliphatic hydroxyl groups is 1. The number of nitrogens with two attached hydrogens (primary N) is 1. The lowest BCUT2D eigenvalue weighted by molar-refractivity contribution is -0.0328. The number of ether oxygens (including phenoxy) is 2. The number of halogens is 1. The van der Waals surface area contributed by atoms with Crippen molar-refractivity contribution in [3.05, 3.63) is 45.3 Å². The van der Waals surface area contributed by atoms with Gasteiger partial charge < -0.3 is 34.7 Å². The molecule has 0 saturated carbocycles. The van der Waals surface area contributed by atoms with Crippen LogP contribution in [0.2, 0.25) is 0 Å². The Bertz CT molecular complexity index is 1870. The van der Waals surface area contributed by atoms with Crippen molar-refractivity contribution < 1.29 is 37.5 Å². The zero-order valence-corrected chi connectivity index (χ0v) is 25.0. The first-order valence-corrected chi connectivity index (χ1v) is 17.5. The number of aromatic amines is 2. The highest BCUT2D eigenvalue weighted by atomic mass is 32.7. The molecule has 6 rings (SSSR count). The van der Waals surface area contributed by atoms with Crippen molar-refractivity contribution in [2.24, 2.45) is 0 Å². The van der Waals surface area contributed by atoms with Crippen molar-refractivity contribution in [3.8, 4) is 0 Å². The number of nitrogens with one attached hydrogen (secondary N) is 2. The fourth-order valence-electron chi connectivity index (χ4n) is 5.17. The zero-order valence-electron chi connectivity index (χ0n) is 21.5. The Hall–Kier alpha value is -2.71. The van der Waals surface area contributed by atoms with Crippen LogP contribution in [0.3, 0.4) is 0 Å². The van der Waals surface area contributed by atoms with E-state index in [9.17, 15) is 24.2 Å². The van der Waals surface area contributed by atoms with Crippen LogP contribution in [0.4, 0.5) is 10.3 Å². The average molecular weight is 679 g/mol. The molecule has 0 bridgehead atoms. The molecule has 0 aliphatic carbocycles. The van der Waals surface area contributed by atoms with Crippen LogP contribution < -0.4 is 16.9 Å². The van der Waals surface area contributed by atoms with Crippen LogP contribution in [-0.2, 0) is 34.9 Å². The smallest absolute Gasteiger partial charge is 0.394 e. The third-order valence-electron chi connectivity index (χ3n) is 7.08. The van der Waals surface area contributed by atoms with Gasteiger partial charge in [-0.25, -0.2) is 18.9 Å². The van der Waals surface area contributed by atoms with E-state index in [-0.39, 0.29) is 29.2 Å². The van der Waals surface area contributed by atoms with Crippen LogP contribution in [0.15, 0.2) is 28.4 Å². The summed E-state index contributed by atoms with van der Waals surface area (Å²) in [6.45, 7) is -5.35. The predicted molar refractivity (Wildman–Crippen MR) is 152 cm³/mol. The molecule has 9 atom stereocenters. The van der Waals surface area contributed by atoms with Gasteiger partial charge in [0.05, 0.1) is 31.4 Å². The Morgan fingerprint density at radius 1 is 1.28 bits per heavy atom. The second-order valence-electron chi connectivity index (χ2n) is 9.63. The third kappa shape index (κ3) is 5.54. The third-order valence-corrected chi connectivity index (χ3v) is 10.7. The normalized spacial score (nSPS) is 29.4. The summed E-state index contributed by atoms with van der Waals surface area (Å²) in [6, 6.07) is 0. The lowest BCUT2D eigenvalue weighted by atomic mass is 10.1. The molecular formula is C20H23FN9O9P2S2+. The number of nitrogens with zero attached hydrogens (tertiary/aromatic N) is 6. The van der Waals surface area contributed by atoms with Gasteiger partial charge in [-0.1, -0.05) is 0 Å². The summed E-state index contributed by atoms with van der Waals surface area (Å²) in [5.41, 5.74) is 3.22. The molecule has 4 aromatic rings. The number of nitrogen functional groups attached to an aromatic ring is 1. The van der Waals surface area contributed by atoms with Gasteiger partial charge in [0, 0.05) is 6.42 Å². The number of aliphatic hydroxyl groups excluding tert-OH is 1. The average Bonchev–Trinajstić information content (AvgIpc) is 3.71. The summed E-state index contributed by atoms with van der Waals surface area (Å²) in [5.74, 6) is -0.240. The SMILES string of the molecule is Nc1nc2c(ncn2C2OC(CO)C(F)C2P(O)(=S)OCC2OC(c3cnc4c(=O)[nH]cnn34)CC2O[P+](=O)S)c(=O)[nH]1. The standard InChI is InChI=1S/C20H22FN9O9P2S2/c21-12-10(3-31)38-19(29-6-25-13-15(29)27-20(22)28-17(13)32)14(12)41(35,43)36-4-11-9(39-40(34)42)1-8(37-11)7-2-23-16-18(33)24-5-26-30(7)16/h2,5-6,8-12,14,19,31H,1,3-4H2,(H5-,22,24,26,27,28,32,33,34,35,42,43)/p+1. The maximum absolute atomic E-state index is 15.7. The van der Waals surface area contributed by atoms with Crippen LogP contribution >= 0.6 is 26.0 Å². The molecule has 0 radical (unpaired) electrons. The van der Waals surface area contributed by atoms with Gasteiger partial charge in [0.2, 0.25) is 11.6 Å². The summed E-state index contributed by atoms with van der Waals surface area (Å²) < 4.78 is 52.9. The van der Waals surface area contributed by atoms with Gasteiger partial charge in [-0.3, -0.25) is 19.1 Å². The minimum Gasteiger partial charge on any atom is -0.394 e. The lowest BCUT2D eigenvalue weighted by Crippen LogP contribution is -2.32. The summed E-state index contributed by atoms with van der Waals surface area (Å²) in [7, 11) is -2.40. The van der Waals surface area contributed by atoms with Crippen LogP contribution in [0.25, 0.3) is 16.8 Å².